The third-order valence-corrected chi connectivity index (χ3v) is 6.15. The molecule has 2 N–H and O–H groups in total. The molecule has 138 valence electrons. The number of benzene rings is 2. The van der Waals surface area contributed by atoms with Crippen molar-refractivity contribution in [2.75, 3.05) is 18.1 Å². The van der Waals surface area contributed by atoms with Gasteiger partial charge < -0.3 is 15.1 Å². The third-order valence-electron chi connectivity index (χ3n) is 6.15. The van der Waals surface area contributed by atoms with Crippen molar-refractivity contribution in [2.24, 2.45) is 0 Å². The molecule has 1 aliphatic heterocycles. The van der Waals surface area contributed by atoms with Crippen LogP contribution in [0.3, 0.4) is 0 Å². The summed E-state index contributed by atoms with van der Waals surface area (Å²) in [7, 11) is 0. The van der Waals surface area contributed by atoms with Gasteiger partial charge in [-0.25, -0.2) is 4.39 Å². The molecule has 0 amide bonds. The summed E-state index contributed by atoms with van der Waals surface area (Å²) in [5.74, 6) is -0.322. The number of hydrogen-bond acceptors (Lipinski definition) is 3. The van der Waals surface area contributed by atoms with Crippen LogP contribution in [-0.4, -0.2) is 29.5 Å². The molecule has 4 rings (SSSR count). The normalized spacial score (nSPS) is 20.8. The predicted octanol–water partition coefficient (Wildman–Crippen LogP) is 3.94. The van der Waals surface area contributed by atoms with E-state index in [1.54, 1.807) is 6.07 Å². The maximum atomic E-state index is 13.9. The Kier molecular flexibility index (Phi) is 4.72. The average Bonchev–Trinajstić information content (AvgIpc) is 2.97. The van der Waals surface area contributed by atoms with Gasteiger partial charge in [-0.1, -0.05) is 49.6 Å². The van der Waals surface area contributed by atoms with E-state index in [1.165, 1.54) is 37.0 Å². The number of anilines is 1. The van der Waals surface area contributed by atoms with Crippen LogP contribution < -0.4 is 4.90 Å². The van der Waals surface area contributed by atoms with Crippen molar-refractivity contribution >= 4 is 5.69 Å². The molecule has 0 bridgehead atoms. The van der Waals surface area contributed by atoms with E-state index >= 15 is 0 Å². The minimum absolute atomic E-state index is 0.107. The zero-order chi connectivity index (χ0) is 18.1. The SMILES string of the molecule is OC[C@@H](O)[C@H](c1cccc(F)c1)N1CC2(CCCCC2)c2ccccc21. The van der Waals surface area contributed by atoms with Crippen LogP contribution in [0.5, 0.6) is 0 Å². The molecule has 1 aliphatic carbocycles. The van der Waals surface area contributed by atoms with Crippen LogP contribution in [-0.2, 0) is 5.41 Å². The number of halogens is 1. The fourth-order valence-corrected chi connectivity index (χ4v) is 4.97. The van der Waals surface area contributed by atoms with E-state index in [4.69, 9.17) is 0 Å². The second kappa shape index (κ2) is 7.01. The average molecular weight is 355 g/mol. The molecule has 0 aromatic heterocycles. The lowest BCUT2D eigenvalue weighted by atomic mass is 9.71. The van der Waals surface area contributed by atoms with E-state index in [1.807, 2.05) is 12.1 Å². The molecule has 26 heavy (non-hydrogen) atoms. The number of para-hydroxylation sites is 1. The van der Waals surface area contributed by atoms with E-state index < -0.39 is 12.1 Å². The van der Waals surface area contributed by atoms with Gasteiger partial charge in [-0.05, 0) is 42.2 Å². The zero-order valence-corrected chi connectivity index (χ0v) is 14.9. The Morgan fingerprint density at radius 2 is 1.81 bits per heavy atom. The van der Waals surface area contributed by atoms with Gasteiger partial charge in [0, 0.05) is 17.6 Å². The molecule has 3 nitrogen and oxygen atoms in total. The van der Waals surface area contributed by atoms with Crippen molar-refractivity contribution in [3.63, 3.8) is 0 Å². The van der Waals surface area contributed by atoms with Crippen molar-refractivity contribution in [1.82, 2.24) is 0 Å². The molecule has 1 saturated carbocycles. The highest BCUT2D eigenvalue weighted by Crippen LogP contribution is 2.51. The van der Waals surface area contributed by atoms with E-state index in [-0.39, 0.29) is 17.8 Å². The molecule has 0 unspecified atom stereocenters. The van der Waals surface area contributed by atoms with Gasteiger partial charge in [-0.3, -0.25) is 0 Å². The Bertz CT molecular complexity index is 772. The third kappa shape index (κ3) is 2.91. The van der Waals surface area contributed by atoms with Crippen LogP contribution >= 0.6 is 0 Å². The number of aliphatic hydroxyl groups excluding tert-OH is 2. The van der Waals surface area contributed by atoms with Crippen LogP contribution in [0.1, 0.15) is 49.3 Å². The topological polar surface area (TPSA) is 43.7 Å². The highest BCUT2D eigenvalue weighted by molar-refractivity contribution is 5.64. The van der Waals surface area contributed by atoms with Gasteiger partial charge in [-0.15, -0.1) is 0 Å². The Balaban J connectivity index is 1.79. The van der Waals surface area contributed by atoms with Crippen LogP contribution in [0, 0.1) is 5.82 Å². The van der Waals surface area contributed by atoms with Gasteiger partial charge in [-0.2, -0.15) is 0 Å². The Hall–Kier alpha value is -1.91. The van der Waals surface area contributed by atoms with Gasteiger partial charge in [0.1, 0.15) is 11.9 Å². The quantitative estimate of drug-likeness (QED) is 0.873. The summed E-state index contributed by atoms with van der Waals surface area (Å²) in [6.07, 6.45) is 5.03. The van der Waals surface area contributed by atoms with E-state index in [0.29, 0.717) is 5.56 Å². The monoisotopic (exact) mass is 355 g/mol. The van der Waals surface area contributed by atoms with Gasteiger partial charge >= 0.3 is 0 Å². The Labute approximate surface area is 154 Å². The first-order chi connectivity index (χ1) is 12.6. The maximum Gasteiger partial charge on any atom is 0.123 e. The molecule has 0 saturated heterocycles. The number of aliphatic hydroxyl groups is 2. The molecule has 2 atom stereocenters. The van der Waals surface area contributed by atoms with Crippen LogP contribution in [0.4, 0.5) is 10.1 Å². The largest absolute Gasteiger partial charge is 0.394 e. The lowest BCUT2D eigenvalue weighted by molar-refractivity contribution is 0.0702. The smallest absolute Gasteiger partial charge is 0.123 e. The van der Waals surface area contributed by atoms with Crippen LogP contribution in [0.25, 0.3) is 0 Å². The summed E-state index contributed by atoms with van der Waals surface area (Å²) in [6.45, 7) is 0.456. The fourth-order valence-electron chi connectivity index (χ4n) is 4.97. The Morgan fingerprint density at radius 3 is 2.54 bits per heavy atom. The molecule has 2 aliphatic rings. The predicted molar refractivity (Wildman–Crippen MR) is 101 cm³/mol. The number of hydrogen-bond donors (Lipinski definition) is 2. The first-order valence-electron chi connectivity index (χ1n) is 9.55. The Morgan fingerprint density at radius 1 is 1.04 bits per heavy atom. The molecule has 1 heterocycles. The molecule has 2 aromatic carbocycles. The van der Waals surface area contributed by atoms with Crippen molar-refractivity contribution in [2.45, 2.75) is 49.7 Å². The zero-order valence-electron chi connectivity index (χ0n) is 14.9. The second-order valence-corrected chi connectivity index (χ2v) is 7.74. The van der Waals surface area contributed by atoms with Crippen LogP contribution in [0.2, 0.25) is 0 Å². The van der Waals surface area contributed by atoms with Gasteiger partial charge in [0.15, 0.2) is 0 Å². The minimum Gasteiger partial charge on any atom is -0.394 e. The van der Waals surface area contributed by atoms with E-state index in [2.05, 4.69) is 23.1 Å². The lowest BCUT2D eigenvalue weighted by Gasteiger charge is -2.38. The molecule has 1 fully saturated rings. The lowest BCUT2D eigenvalue weighted by Crippen LogP contribution is -2.42. The number of rotatable bonds is 4. The molecule has 2 aromatic rings. The van der Waals surface area contributed by atoms with Crippen molar-refractivity contribution in [3.05, 3.63) is 65.5 Å². The molecular formula is C22H26FNO2. The standard InChI is InChI=1S/C22H26FNO2/c23-17-8-6-7-16(13-17)21(20(26)14-25)24-15-22(11-4-1-5-12-22)18-9-2-3-10-19(18)24/h2-3,6-10,13,20-21,25-26H,1,4-5,11-12,14-15H2/t20-,21+/m1/s1. The number of nitrogens with zero attached hydrogens (tertiary/aromatic N) is 1. The summed E-state index contributed by atoms with van der Waals surface area (Å²) in [5, 5.41) is 20.3. The van der Waals surface area contributed by atoms with Gasteiger partial charge in [0.05, 0.1) is 12.6 Å². The first-order valence-corrected chi connectivity index (χ1v) is 9.55. The summed E-state index contributed by atoms with van der Waals surface area (Å²) in [4.78, 5) is 2.19. The summed E-state index contributed by atoms with van der Waals surface area (Å²) in [5.41, 5.74) is 3.26. The summed E-state index contributed by atoms with van der Waals surface area (Å²) < 4.78 is 13.9. The summed E-state index contributed by atoms with van der Waals surface area (Å²) in [6, 6.07) is 14.3. The van der Waals surface area contributed by atoms with E-state index in [9.17, 15) is 14.6 Å². The van der Waals surface area contributed by atoms with Crippen molar-refractivity contribution in [1.29, 1.82) is 0 Å². The first kappa shape index (κ1) is 17.5. The van der Waals surface area contributed by atoms with Crippen molar-refractivity contribution < 1.29 is 14.6 Å². The highest BCUT2D eigenvalue weighted by Gasteiger charge is 2.46. The van der Waals surface area contributed by atoms with E-state index in [0.717, 1.165) is 25.1 Å². The molecule has 4 heteroatoms. The van der Waals surface area contributed by atoms with Gasteiger partial charge in [0.2, 0.25) is 0 Å². The van der Waals surface area contributed by atoms with Crippen molar-refractivity contribution in [3.8, 4) is 0 Å². The van der Waals surface area contributed by atoms with Crippen LogP contribution in [0.15, 0.2) is 48.5 Å². The highest BCUT2D eigenvalue weighted by atomic mass is 19.1. The molecule has 1 spiro atoms. The molecular weight excluding hydrogens is 329 g/mol. The maximum absolute atomic E-state index is 13.9. The molecule has 0 radical (unpaired) electrons. The van der Waals surface area contributed by atoms with Gasteiger partial charge in [0.25, 0.3) is 0 Å². The fraction of sp³-hybridized carbons (Fsp3) is 0.455. The minimum atomic E-state index is -0.969. The summed E-state index contributed by atoms with van der Waals surface area (Å²) >= 11 is 0. The second-order valence-electron chi connectivity index (χ2n) is 7.74. The number of fused-ring (bicyclic) bond motifs is 2.